The van der Waals surface area contributed by atoms with Crippen LogP contribution in [0.4, 0.5) is 4.79 Å². The second-order valence-corrected chi connectivity index (χ2v) is 1.06. The minimum absolute atomic E-state index is 0.452. The normalized spacial score (nSPS) is 8.25. The van der Waals surface area contributed by atoms with Gasteiger partial charge in [-0.2, -0.15) is 0 Å². The lowest BCUT2D eigenvalue weighted by molar-refractivity contribution is 0.0711. The fourth-order valence-corrected chi connectivity index (χ4v) is 0.180. The summed E-state index contributed by atoms with van der Waals surface area (Å²) in [6.45, 7) is 2.23. The predicted molar refractivity (Wildman–Crippen MR) is 28.2 cm³/mol. The third-order valence-corrected chi connectivity index (χ3v) is 0.507. The lowest BCUT2D eigenvalue weighted by atomic mass is 10.9. The zero-order valence-electron chi connectivity index (χ0n) is 4.97. The van der Waals surface area contributed by atoms with Gasteiger partial charge in [0.2, 0.25) is 0 Å². The van der Waals surface area contributed by atoms with Gasteiger partial charge in [-0.15, -0.1) is 0 Å². The Morgan fingerprint density at radius 1 is 1.88 bits per heavy atom. The number of nitrogens with one attached hydrogen (secondary N) is 1. The smallest absolute Gasteiger partial charge is 0.272 e. The summed E-state index contributed by atoms with van der Waals surface area (Å²) in [5, 5.41) is 3.25. The van der Waals surface area contributed by atoms with Gasteiger partial charge in [-0.25, -0.2) is 15.6 Å². The van der Waals surface area contributed by atoms with E-state index in [1.807, 2.05) is 0 Å². The van der Waals surface area contributed by atoms with Crippen molar-refractivity contribution < 1.29 is 9.63 Å². The summed E-state index contributed by atoms with van der Waals surface area (Å²) in [4.78, 5) is 14.7. The first kappa shape index (κ1) is 7.23. The molecule has 1 N–H and O–H groups in total. The molecule has 0 aliphatic rings. The van der Waals surface area contributed by atoms with Gasteiger partial charge in [-0.1, -0.05) is 0 Å². The summed E-state index contributed by atoms with van der Waals surface area (Å²) in [6, 6.07) is -0.452. The molecule has 0 spiro atoms. The molecular weight excluding hydrogens is 108 g/mol. The Morgan fingerprint density at radius 3 is 2.88 bits per heavy atom. The van der Waals surface area contributed by atoms with E-state index >= 15 is 0 Å². The number of hydrogen-bond donors (Lipinski definition) is 1. The van der Waals surface area contributed by atoms with Crippen molar-refractivity contribution in [1.82, 2.24) is 10.8 Å². The Bertz CT molecular complexity index is 74.4. The number of urea groups is 1. The van der Waals surface area contributed by atoms with Gasteiger partial charge in [-0.05, 0) is 6.92 Å². The zero-order valence-corrected chi connectivity index (χ0v) is 4.97. The van der Waals surface area contributed by atoms with Gasteiger partial charge in [0.15, 0.2) is 0 Å². The van der Waals surface area contributed by atoms with Crippen LogP contribution in [0.3, 0.4) is 0 Å². The van der Waals surface area contributed by atoms with E-state index in [0.29, 0.717) is 6.61 Å². The van der Waals surface area contributed by atoms with E-state index in [-0.39, 0.29) is 0 Å². The van der Waals surface area contributed by atoms with Crippen LogP contribution >= 0.6 is 0 Å². The van der Waals surface area contributed by atoms with Crippen molar-refractivity contribution in [2.75, 3.05) is 13.7 Å². The van der Waals surface area contributed by atoms with Crippen LogP contribution in [0.5, 0.6) is 0 Å². The molecule has 47 valence electrons. The van der Waals surface area contributed by atoms with Crippen LogP contribution in [0.15, 0.2) is 0 Å². The molecule has 0 saturated heterocycles. The Morgan fingerprint density at radius 2 is 2.50 bits per heavy atom. The molecule has 1 radical (unpaired) electrons. The number of amides is 2. The minimum Gasteiger partial charge on any atom is -0.272 e. The van der Waals surface area contributed by atoms with Gasteiger partial charge < -0.3 is 0 Å². The van der Waals surface area contributed by atoms with E-state index < -0.39 is 6.03 Å². The molecule has 0 heterocycles. The highest BCUT2D eigenvalue weighted by molar-refractivity contribution is 5.71. The first-order valence-corrected chi connectivity index (χ1v) is 2.32. The van der Waals surface area contributed by atoms with E-state index in [2.05, 4.69) is 15.6 Å². The summed E-state index contributed by atoms with van der Waals surface area (Å²) in [6.07, 6.45) is 0. The van der Waals surface area contributed by atoms with Crippen molar-refractivity contribution in [2.45, 2.75) is 6.92 Å². The summed E-state index contributed by atoms with van der Waals surface area (Å²) in [5.74, 6) is 0. The van der Waals surface area contributed by atoms with E-state index in [1.165, 1.54) is 7.05 Å². The fraction of sp³-hybridized carbons (Fsp3) is 0.750. The average Bonchev–Trinajstić information content (AvgIpc) is 1.83. The second kappa shape index (κ2) is 4.39. The van der Waals surface area contributed by atoms with Crippen LogP contribution in [0, 0.1) is 0 Å². The molecule has 0 aromatic heterocycles. The number of carbonyl (C=O) groups is 1. The summed E-state index contributed by atoms with van der Waals surface area (Å²) >= 11 is 0. The molecule has 4 heteroatoms. The highest BCUT2D eigenvalue weighted by Crippen LogP contribution is 1.64. The maximum absolute atomic E-state index is 10.2. The predicted octanol–water partition coefficient (Wildman–Crippen LogP) is -0.118. The van der Waals surface area contributed by atoms with Crippen LogP contribution in [0.25, 0.3) is 0 Å². The molecule has 0 rings (SSSR count). The molecule has 0 saturated carbocycles. The summed E-state index contributed by atoms with van der Waals surface area (Å²) in [7, 11) is 1.40. The number of nitrogens with zero attached hydrogens (tertiary/aromatic N) is 1. The molecule has 0 aliphatic carbocycles. The molecule has 0 bridgehead atoms. The van der Waals surface area contributed by atoms with Crippen molar-refractivity contribution in [3.63, 3.8) is 0 Å². The Labute approximate surface area is 48.2 Å². The molecule has 0 atom stereocenters. The van der Waals surface area contributed by atoms with Gasteiger partial charge in [0.05, 0.1) is 6.61 Å². The van der Waals surface area contributed by atoms with Crippen molar-refractivity contribution in [3.05, 3.63) is 0 Å². The lowest BCUT2D eigenvalue weighted by Gasteiger charge is -1.97. The maximum atomic E-state index is 10.2. The standard InChI is InChI=1S/C4H9N2O2/c1-3-8-6-4(7)5-2/h3H2,1-2H3,(H,6,7). The zero-order chi connectivity index (χ0) is 6.41. The number of hydrogen-bond acceptors (Lipinski definition) is 2. The van der Waals surface area contributed by atoms with Crippen LogP contribution in [-0.4, -0.2) is 19.7 Å². The molecule has 0 unspecified atom stereocenters. The number of rotatable bonds is 2. The third-order valence-electron chi connectivity index (χ3n) is 0.507. The Hall–Kier alpha value is -0.770. The van der Waals surface area contributed by atoms with Crippen molar-refractivity contribution in [2.24, 2.45) is 0 Å². The molecule has 4 nitrogen and oxygen atoms in total. The maximum Gasteiger partial charge on any atom is 0.359 e. The molecule has 0 aromatic rings. The monoisotopic (exact) mass is 117 g/mol. The number of carbonyl (C=O) groups excluding carboxylic acids is 1. The SMILES string of the molecule is CCONC(=O)[N]C. The van der Waals surface area contributed by atoms with E-state index in [9.17, 15) is 4.79 Å². The van der Waals surface area contributed by atoms with Crippen molar-refractivity contribution >= 4 is 6.03 Å². The second-order valence-electron chi connectivity index (χ2n) is 1.06. The largest absolute Gasteiger partial charge is 0.359 e. The van der Waals surface area contributed by atoms with E-state index in [0.717, 1.165) is 0 Å². The fourth-order valence-electron chi connectivity index (χ4n) is 0.180. The van der Waals surface area contributed by atoms with Crippen molar-refractivity contribution in [3.8, 4) is 0 Å². The highest BCUT2D eigenvalue weighted by atomic mass is 16.7. The third kappa shape index (κ3) is 3.42. The molecule has 0 aliphatic heterocycles. The van der Waals surface area contributed by atoms with Gasteiger partial charge in [0, 0.05) is 7.05 Å². The summed E-state index contributed by atoms with van der Waals surface area (Å²) in [5.41, 5.74) is 2.08. The van der Waals surface area contributed by atoms with Crippen LogP contribution in [0.2, 0.25) is 0 Å². The van der Waals surface area contributed by atoms with Crippen LogP contribution < -0.4 is 10.8 Å². The van der Waals surface area contributed by atoms with Gasteiger partial charge >= 0.3 is 6.03 Å². The molecule has 8 heavy (non-hydrogen) atoms. The quantitative estimate of drug-likeness (QED) is 0.513. The van der Waals surface area contributed by atoms with E-state index in [1.54, 1.807) is 6.92 Å². The topological polar surface area (TPSA) is 52.4 Å². The number of hydroxylamine groups is 1. The van der Waals surface area contributed by atoms with Gasteiger partial charge in [0.25, 0.3) is 0 Å². The average molecular weight is 117 g/mol. The van der Waals surface area contributed by atoms with Gasteiger partial charge in [0.1, 0.15) is 0 Å². The molecule has 0 aromatic carbocycles. The van der Waals surface area contributed by atoms with Crippen LogP contribution in [0.1, 0.15) is 6.92 Å². The first-order valence-electron chi connectivity index (χ1n) is 2.32. The summed E-state index contributed by atoms with van der Waals surface area (Å²) < 4.78 is 0. The molecule has 0 fully saturated rings. The van der Waals surface area contributed by atoms with Gasteiger partial charge in [-0.3, -0.25) is 4.84 Å². The highest BCUT2D eigenvalue weighted by Gasteiger charge is 1.92. The Kier molecular flexibility index (Phi) is 3.97. The first-order chi connectivity index (χ1) is 3.81. The molecular formula is C4H9N2O2. The lowest BCUT2D eigenvalue weighted by Crippen LogP contribution is -2.28. The van der Waals surface area contributed by atoms with Crippen molar-refractivity contribution in [1.29, 1.82) is 0 Å². The minimum atomic E-state index is -0.452. The Balaban J connectivity index is 2.99. The molecule has 2 amide bonds. The van der Waals surface area contributed by atoms with Crippen LogP contribution in [-0.2, 0) is 4.84 Å². The van der Waals surface area contributed by atoms with E-state index in [4.69, 9.17) is 0 Å².